The van der Waals surface area contributed by atoms with E-state index in [-0.39, 0.29) is 17.1 Å². The molecular formula is C12H14N6O4. The van der Waals surface area contributed by atoms with Crippen molar-refractivity contribution in [2.45, 2.75) is 24.0 Å². The van der Waals surface area contributed by atoms with Crippen molar-refractivity contribution in [3.63, 3.8) is 0 Å². The van der Waals surface area contributed by atoms with E-state index < -0.39 is 36.1 Å². The van der Waals surface area contributed by atoms with Gasteiger partial charge in [-0.1, -0.05) is 5.92 Å². The van der Waals surface area contributed by atoms with Crippen LogP contribution in [0.25, 0.3) is 11.2 Å². The Kier molecular flexibility index (Phi) is 2.64. The number of hydrogen-bond donors (Lipinski definition) is 5. The van der Waals surface area contributed by atoms with E-state index in [0.717, 1.165) is 10.9 Å². The number of H-pyrrole nitrogens is 1. The summed E-state index contributed by atoms with van der Waals surface area (Å²) in [5.74, 6) is 1.97. The van der Waals surface area contributed by atoms with Gasteiger partial charge in [0.05, 0.1) is 15.6 Å². The minimum atomic E-state index is -2.91. The molecule has 10 nitrogen and oxygen atoms in total. The minimum Gasteiger partial charge on any atom is -0.394 e. The Morgan fingerprint density at radius 3 is 3.09 bits per heavy atom. The third kappa shape index (κ3) is 1.81. The zero-order valence-corrected chi connectivity index (χ0v) is 11.1. The first-order valence-electron chi connectivity index (χ1n) is 7.14. The van der Waals surface area contributed by atoms with E-state index >= 15 is 0 Å². The van der Waals surface area contributed by atoms with Gasteiger partial charge < -0.3 is 26.4 Å². The Bertz CT molecular complexity index is 900. The summed E-state index contributed by atoms with van der Waals surface area (Å²) in [6.07, 6.45) is 1.75. The number of aliphatic hydroxyl groups is 2. The molecule has 2 aromatic heterocycles. The quantitative estimate of drug-likeness (QED) is 0.373. The molecule has 3 rings (SSSR count). The number of rotatable bonds is 2. The number of nitrogens with one attached hydrogen (secondary N) is 1. The van der Waals surface area contributed by atoms with Crippen molar-refractivity contribution in [1.29, 1.82) is 0 Å². The fourth-order valence-corrected chi connectivity index (χ4v) is 2.39. The average molecular weight is 308 g/mol. The highest BCUT2D eigenvalue weighted by Gasteiger charge is 2.54. The van der Waals surface area contributed by atoms with Crippen molar-refractivity contribution in [3.05, 3.63) is 16.7 Å². The van der Waals surface area contributed by atoms with Crippen molar-refractivity contribution >= 4 is 17.1 Å². The van der Waals surface area contributed by atoms with E-state index in [4.69, 9.17) is 25.4 Å². The number of terminal acetylenes is 1. The number of anilines is 1. The molecule has 1 saturated heterocycles. The van der Waals surface area contributed by atoms with Gasteiger partial charge in [-0.05, 0) is 0 Å². The highest BCUT2D eigenvalue weighted by Crippen LogP contribution is 2.37. The van der Waals surface area contributed by atoms with Gasteiger partial charge in [0.1, 0.15) is 12.2 Å². The normalized spacial score (nSPS) is 33.5. The Balaban J connectivity index is 2.19. The number of ether oxygens (including phenoxy) is 1. The van der Waals surface area contributed by atoms with Crippen LogP contribution in [0.4, 0.5) is 5.95 Å². The van der Waals surface area contributed by atoms with Crippen molar-refractivity contribution in [2.75, 3.05) is 12.3 Å². The maximum absolute atomic E-state index is 11.8. The lowest BCUT2D eigenvalue weighted by Gasteiger charge is -2.27. The zero-order chi connectivity index (χ0) is 17.9. The van der Waals surface area contributed by atoms with Crippen LogP contribution in [-0.2, 0) is 4.74 Å². The van der Waals surface area contributed by atoms with Gasteiger partial charge in [-0.2, -0.15) is 4.98 Å². The topological polar surface area (TPSA) is 165 Å². The fraction of sp³-hybridized carbons (Fsp3) is 0.417. The number of fused-ring (bicyclic) bond motifs is 1. The number of aliphatic hydroxyl groups excluding tert-OH is 1. The third-order valence-corrected chi connectivity index (χ3v) is 3.54. The van der Waals surface area contributed by atoms with Crippen LogP contribution in [0.3, 0.4) is 0 Å². The first-order valence-corrected chi connectivity index (χ1v) is 6.14. The molecule has 116 valence electrons. The summed E-state index contributed by atoms with van der Waals surface area (Å²) in [6, 6.07) is 0. The average Bonchev–Trinajstić information content (AvgIpc) is 2.99. The Morgan fingerprint density at radius 1 is 1.73 bits per heavy atom. The second-order valence-electron chi connectivity index (χ2n) is 4.84. The minimum absolute atomic E-state index is 0.0160. The van der Waals surface area contributed by atoms with E-state index in [1.54, 1.807) is 0 Å². The predicted octanol–water partition coefficient (Wildman–Crippen LogP) is -2.72. The summed E-state index contributed by atoms with van der Waals surface area (Å²) in [4.78, 5) is 21.9. The molecule has 1 aliphatic heterocycles. The molecular weight excluding hydrogens is 292 g/mol. The molecule has 2 aromatic rings. The number of nitrogen functional groups attached to an aromatic ring is 1. The number of aromatic nitrogens is 4. The van der Waals surface area contributed by atoms with E-state index in [2.05, 4.69) is 20.9 Å². The third-order valence-electron chi connectivity index (χ3n) is 3.54. The first kappa shape index (κ1) is 12.1. The van der Waals surface area contributed by atoms with Crippen LogP contribution in [0.15, 0.2) is 11.1 Å². The van der Waals surface area contributed by atoms with E-state index in [1.807, 2.05) is 0 Å². The Morgan fingerprint density at radius 2 is 2.45 bits per heavy atom. The molecule has 0 aromatic carbocycles. The van der Waals surface area contributed by atoms with Gasteiger partial charge in [0.25, 0.3) is 5.56 Å². The summed E-state index contributed by atoms with van der Waals surface area (Å²) in [6.45, 7) is -2.91. The molecule has 0 spiro atoms. The summed E-state index contributed by atoms with van der Waals surface area (Å²) in [5, 5.41) is 19.8. The molecule has 1 unspecified atom stereocenters. The van der Waals surface area contributed by atoms with Gasteiger partial charge in [0.2, 0.25) is 5.95 Å². The number of nitrogens with zero attached hydrogens (tertiary/aromatic N) is 3. The summed E-state index contributed by atoms with van der Waals surface area (Å²) in [7, 11) is 0. The molecule has 0 amide bonds. The van der Waals surface area contributed by atoms with Gasteiger partial charge in [0, 0.05) is 0 Å². The molecule has 0 aliphatic carbocycles. The van der Waals surface area contributed by atoms with Gasteiger partial charge in [-0.3, -0.25) is 14.3 Å². The molecule has 3 heterocycles. The van der Waals surface area contributed by atoms with Crippen LogP contribution in [-0.4, -0.2) is 54.0 Å². The van der Waals surface area contributed by atoms with E-state index in [1.165, 1.54) is 0 Å². The zero-order valence-electron chi connectivity index (χ0n) is 13.1. The predicted molar refractivity (Wildman–Crippen MR) is 75.3 cm³/mol. The summed E-state index contributed by atoms with van der Waals surface area (Å²) >= 11 is 0. The fourth-order valence-electron chi connectivity index (χ4n) is 2.39. The van der Waals surface area contributed by atoms with Gasteiger partial charge in [-0.25, -0.2) is 4.98 Å². The van der Waals surface area contributed by atoms with Crippen LogP contribution in [0.1, 0.15) is 8.97 Å². The summed E-state index contributed by atoms with van der Waals surface area (Å²) in [5.41, 5.74) is 8.91. The second kappa shape index (κ2) is 4.79. The molecule has 4 atom stereocenters. The van der Waals surface area contributed by atoms with Gasteiger partial charge in [-0.15, -0.1) is 6.42 Å². The molecule has 1 fully saturated rings. The van der Waals surface area contributed by atoms with Crippen molar-refractivity contribution < 1.29 is 17.7 Å². The standard InChI is InChI=1S/C12H14N6O4/c1-2-12(14)7(20)5(3-19)22-10(12)18-4-15-6-8(18)16-11(13)17-9(6)21/h1,4-5,7,10,19-20H,3,14H2,(H3,13,16,17,21)/t5-,7+,10-,12?/m1/s1/i3D2. The molecule has 1 aliphatic rings. The molecule has 7 N–H and O–H groups in total. The van der Waals surface area contributed by atoms with Crippen molar-refractivity contribution in [3.8, 4) is 12.3 Å². The highest BCUT2D eigenvalue weighted by atomic mass is 16.5. The maximum atomic E-state index is 11.8. The van der Waals surface area contributed by atoms with Gasteiger partial charge in [0.15, 0.2) is 22.9 Å². The van der Waals surface area contributed by atoms with Crippen LogP contribution < -0.4 is 17.0 Å². The monoisotopic (exact) mass is 308 g/mol. The lowest BCUT2D eigenvalue weighted by atomic mass is 9.92. The number of nitrogens with two attached hydrogens (primary N) is 2. The Hall–Kier alpha value is -2.45. The second-order valence-corrected chi connectivity index (χ2v) is 4.84. The van der Waals surface area contributed by atoms with Crippen molar-refractivity contribution in [2.24, 2.45) is 5.73 Å². The lowest BCUT2D eigenvalue weighted by Crippen LogP contribution is -2.53. The molecule has 0 saturated carbocycles. The summed E-state index contributed by atoms with van der Waals surface area (Å²) < 4.78 is 21.2. The molecule has 22 heavy (non-hydrogen) atoms. The van der Waals surface area contributed by atoms with Crippen molar-refractivity contribution in [1.82, 2.24) is 19.5 Å². The molecule has 0 bridgehead atoms. The highest BCUT2D eigenvalue weighted by molar-refractivity contribution is 5.70. The number of hydrogen-bond acceptors (Lipinski definition) is 8. The molecule has 0 radical (unpaired) electrons. The largest absolute Gasteiger partial charge is 0.394 e. The SMILES string of the molecule is [2H]C([2H])(O)[C@H]1O[C@@H](n2cnc3c(=O)[nH]c(N)nc32)C(N)(C#C)[C@H]1O. The first-order chi connectivity index (χ1) is 11.1. The van der Waals surface area contributed by atoms with E-state index in [9.17, 15) is 15.0 Å². The smallest absolute Gasteiger partial charge is 0.280 e. The number of aromatic amines is 1. The Labute approximate surface area is 126 Å². The maximum Gasteiger partial charge on any atom is 0.280 e. The van der Waals surface area contributed by atoms with Crippen LogP contribution in [0.2, 0.25) is 0 Å². The molecule has 10 heteroatoms. The number of imidazole rings is 1. The van der Waals surface area contributed by atoms with Gasteiger partial charge >= 0.3 is 0 Å². The lowest BCUT2D eigenvalue weighted by molar-refractivity contribution is -0.0447. The van der Waals surface area contributed by atoms with Crippen LogP contribution >= 0.6 is 0 Å². The van der Waals surface area contributed by atoms with E-state index in [0.29, 0.717) is 0 Å². The van der Waals surface area contributed by atoms with Crippen LogP contribution in [0, 0.1) is 12.3 Å². The van der Waals surface area contributed by atoms with Crippen LogP contribution in [0.5, 0.6) is 0 Å².